The van der Waals surface area contributed by atoms with Crippen LogP contribution in [0.3, 0.4) is 0 Å². The Labute approximate surface area is 103 Å². The molecule has 1 aromatic carbocycles. The van der Waals surface area contributed by atoms with Gasteiger partial charge in [0.2, 0.25) is 0 Å². The van der Waals surface area contributed by atoms with Gasteiger partial charge >= 0.3 is 0 Å². The number of hydrogen-bond acceptors (Lipinski definition) is 3. The minimum absolute atomic E-state index is 0.255. The summed E-state index contributed by atoms with van der Waals surface area (Å²) in [6.45, 7) is 2.19. The van der Waals surface area contributed by atoms with Crippen LogP contribution in [-0.2, 0) is 0 Å². The van der Waals surface area contributed by atoms with Crippen molar-refractivity contribution in [2.75, 3.05) is 0 Å². The Morgan fingerprint density at radius 1 is 1.35 bits per heavy atom. The van der Waals surface area contributed by atoms with Gasteiger partial charge in [-0.1, -0.05) is 31.9 Å². The van der Waals surface area contributed by atoms with E-state index < -0.39 is 0 Å². The van der Waals surface area contributed by atoms with Crippen LogP contribution in [0.1, 0.15) is 50.6 Å². The highest BCUT2D eigenvalue weighted by molar-refractivity contribution is 5.29. The third-order valence-corrected chi connectivity index (χ3v) is 3.16. The second-order valence-electron chi connectivity index (χ2n) is 4.75. The van der Waals surface area contributed by atoms with E-state index in [0.29, 0.717) is 6.10 Å². The molecule has 0 saturated heterocycles. The molecule has 0 bridgehead atoms. The lowest BCUT2D eigenvalue weighted by molar-refractivity contribution is 0.303. The number of rotatable bonds is 7. The molecule has 0 radical (unpaired) electrons. The summed E-state index contributed by atoms with van der Waals surface area (Å²) in [7, 11) is 0. The second kappa shape index (κ2) is 6.03. The Balaban J connectivity index is 1.93. The lowest BCUT2D eigenvalue weighted by atomic mass is 10.0. The van der Waals surface area contributed by atoms with Crippen LogP contribution in [0, 0.1) is 0 Å². The maximum atomic E-state index is 5.72. The van der Waals surface area contributed by atoms with Crippen LogP contribution in [0.15, 0.2) is 24.3 Å². The summed E-state index contributed by atoms with van der Waals surface area (Å²) in [5, 5.41) is 0. The van der Waals surface area contributed by atoms with Crippen LogP contribution in [0.5, 0.6) is 5.75 Å². The average molecular weight is 234 g/mol. The molecular formula is C14H22N2O. The van der Waals surface area contributed by atoms with Crippen molar-refractivity contribution in [3.05, 3.63) is 29.8 Å². The third kappa shape index (κ3) is 3.72. The van der Waals surface area contributed by atoms with Crippen molar-refractivity contribution in [1.29, 1.82) is 0 Å². The molecule has 1 aromatic rings. The van der Waals surface area contributed by atoms with Gasteiger partial charge < -0.3 is 4.74 Å². The van der Waals surface area contributed by atoms with Crippen LogP contribution < -0.4 is 16.0 Å². The summed E-state index contributed by atoms with van der Waals surface area (Å²) < 4.78 is 5.72. The average Bonchev–Trinajstić information content (AvgIpc) is 3.16. The van der Waals surface area contributed by atoms with Gasteiger partial charge in [0.05, 0.1) is 6.10 Å². The van der Waals surface area contributed by atoms with E-state index in [4.69, 9.17) is 10.6 Å². The van der Waals surface area contributed by atoms with Crippen molar-refractivity contribution >= 4 is 0 Å². The molecule has 1 fully saturated rings. The smallest absolute Gasteiger partial charge is 0.119 e. The summed E-state index contributed by atoms with van der Waals surface area (Å²) in [5.41, 5.74) is 4.12. The van der Waals surface area contributed by atoms with E-state index >= 15 is 0 Å². The molecule has 3 nitrogen and oxygen atoms in total. The Kier molecular flexibility index (Phi) is 4.40. The van der Waals surface area contributed by atoms with E-state index in [0.717, 1.165) is 12.2 Å². The second-order valence-corrected chi connectivity index (χ2v) is 4.75. The van der Waals surface area contributed by atoms with Gasteiger partial charge in [0, 0.05) is 6.04 Å². The van der Waals surface area contributed by atoms with Crippen molar-refractivity contribution in [3.63, 3.8) is 0 Å². The van der Waals surface area contributed by atoms with Crippen LogP contribution >= 0.6 is 0 Å². The van der Waals surface area contributed by atoms with E-state index in [9.17, 15) is 0 Å². The van der Waals surface area contributed by atoms with E-state index in [1.54, 1.807) is 0 Å². The van der Waals surface area contributed by atoms with E-state index in [1.165, 1.54) is 31.2 Å². The molecule has 0 aliphatic heterocycles. The van der Waals surface area contributed by atoms with Crippen LogP contribution in [0.2, 0.25) is 0 Å². The lowest BCUT2D eigenvalue weighted by Crippen LogP contribution is -2.27. The molecule has 0 spiro atoms. The highest BCUT2D eigenvalue weighted by atomic mass is 16.5. The Hall–Kier alpha value is -1.06. The zero-order chi connectivity index (χ0) is 12.1. The first-order valence-electron chi connectivity index (χ1n) is 6.56. The Morgan fingerprint density at radius 2 is 2.06 bits per heavy atom. The van der Waals surface area contributed by atoms with Gasteiger partial charge in [0.25, 0.3) is 0 Å². The minimum atomic E-state index is 0.255. The first-order valence-corrected chi connectivity index (χ1v) is 6.56. The topological polar surface area (TPSA) is 47.3 Å². The van der Waals surface area contributed by atoms with Gasteiger partial charge in [0.1, 0.15) is 5.75 Å². The zero-order valence-electron chi connectivity index (χ0n) is 10.5. The predicted octanol–water partition coefficient (Wildman–Crippen LogP) is 2.92. The molecule has 0 aromatic heterocycles. The van der Waals surface area contributed by atoms with Crippen molar-refractivity contribution in [2.45, 2.75) is 51.2 Å². The van der Waals surface area contributed by atoms with Gasteiger partial charge in [-0.05, 0) is 37.0 Å². The molecule has 1 aliphatic carbocycles. The van der Waals surface area contributed by atoms with Crippen LogP contribution in [0.4, 0.5) is 0 Å². The monoisotopic (exact) mass is 234 g/mol. The summed E-state index contributed by atoms with van der Waals surface area (Å²) in [5.74, 6) is 6.57. The SMILES string of the molecule is CCCCC(NN)c1ccc(OC2CC2)cc1. The number of nitrogens with one attached hydrogen (secondary N) is 1. The zero-order valence-corrected chi connectivity index (χ0v) is 10.5. The van der Waals surface area contributed by atoms with Gasteiger partial charge in [-0.15, -0.1) is 0 Å². The number of hydrazine groups is 1. The van der Waals surface area contributed by atoms with E-state index in [2.05, 4.69) is 24.5 Å². The van der Waals surface area contributed by atoms with Crippen molar-refractivity contribution in [2.24, 2.45) is 5.84 Å². The molecule has 1 aliphatic rings. The van der Waals surface area contributed by atoms with Gasteiger partial charge in [-0.3, -0.25) is 11.3 Å². The number of hydrogen-bond donors (Lipinski definition) is 2. The standard InChI is InChI=1S/C14H22N2O/c1-2-3-4-14(16-15)11-5-7-12(8-6-11)17-13-9-10-13/h5-8,13-14,16H,2-4,9-10,15H2,1H3. The first kappa shape index (κ1) is 12.4. The molecule has 3 heteroatoms. The fourth-order valence-corrected chi connectivity index (χ4v) is 1.91. The van der Waals surface area contributed by atoms with Gasteiger partial charge in [0.15, 0.2) is 0 Å². The summed E-state index contributed by atoms with van der Waals surface area (Å²) in [6.07, 6.45) is 6.33. The summed E-state index contributed by atoms with van der Waals surface area (Å²) in [4.78, 5) is 0. The summed E-state index contributed by atoms with van der Waals surface area (Å²) >= 11 is 0. The van der Waals surface area contributed by atoms with Crippen molar-refractivity contribution < 1.29 is 4.74 Å². The maximum Gasteiger partial charge on any atom is 0.119 e. The molecule has 94 valence electrons. The molecule has 1 unspecified atom stereocenters. The molecule has 1 atom stereocenters. The number of ether oxygens (including phenoxy) is 1. The van der Waals surface area contributed by atoms with Gasteiger partial charge in [-0.25, -0.2) is 0 Å². The van der Waals surface area contributed by atoms with Crippen LogP contribution in [-0.4, -0.2) is 6.10 Å². The quantitative estimate of drug-likeness (QED) is 0.563. The third-order valence-electron chi connectivity index (χ3n) is 3.16. The minimum Gasteiger partial charge on any atom is -0.490 e. The molecular weight excluding hydrogens is 212 g/mol. The summed E-state index contributed by atoms with van der Waals surface area (Å²) in [6, 6.07) is 8.56. The normalized spacial score (nSPS) is 16.8. The number of unbranched alkanes of at least 4 members (excludes halogenated alkanes) is 1. The lowest BCUT2D eigenvalue weighted by Gasteiger charge is -2.16. The van der Waals surface area contributed by atoms with Crippen molar-refractivity contribution in [1.82, 2.24) is 5.43 Å². The Bertz CT molecular complexity index is 333. The largest absolute Gasteiger partial charge is 0.490 e. The fraction of sp³-hybridized carbons (Fsp3) is 0.571. The van der Waals surface area contributed by atoms with Crippen molar-refractivity contribution in [3.8, 4) is 5.75 Å². The van der Waals surface area contributed by atoms with Gasteiger partial charge in [-0.2, -0.15) is 0 Å². The molecule has 0 amide bonds. The Morgan fingerprint density at radius 3 is 2.59 bits per heavy atom. The molecule has 2 rings (SSSR count). The fourth-order valence-electron chi connectivity index (χ4n) is 1.91. The molecule has 17 heavy (non-hydrogen) atoms. The van der Waals surface area contributed by atoms with Crippen LogP contribution in [0.25, 0.3) is 0 Å². The number of benzene rings is 1. The molecule has 3 N–H and O–H groups in total. The number of nitrogens with two attached hydrogens (primary N) is 1. The predicted molar refractivity (Wildman–Crippen MR) is 69.7 cm³/mol. The highest BCUT2D eigenvalue weighted by Crippen LogP contribution is 2.28. The van der Waals surface area contributed by atoms with E-state index in [-0.39, 0.29) is 6.04 Å². The highest BCUT2D eigenvalue weighted by Gasteiger charge is 2.23. The molecule has 0 heterocycles. The maximum absolute atomic E-state index is 5.72. The first-order chi connectivity index (χ1) is 8.33. The van der Waals surface area contributed by atoms with E-state index in [1.807, 2.05) is 12.1 Å². The molecule has 1 saturated carbocycles.